The van der Waals surface area contributed by atoms with E-state index in [-0.39, 0.29) is 29.8 Å². The Kier molecular flexibility index (Phi) is 6.33. The number of methoxy groups -OCH3 is 1. The smallest absolute Gasteiger partial charge is 0.332 e. The third-order valence-electron chi connectivity index (χ3n) is 5.12. The zero-order chi connectivity index (χ0) is 22.7. The second-order valence-corrected chi connectivity index (χ2v) is 7.37. The SMILES string of the molecule is COC(=O)C(C)CN(Cc1ccccc1)C(=O)c1ccc2c(=O)n(C)c(=O)n(C)c2n1. The number of fused-ring (bicyclic) bond motifs is 1. The van der Waals surface area contributed by atoms with Crippen LogP contribution in [0.3, 0.4) is 0 Å². The van der Waals surface area contributed by atoms with Gasteiger partial charge in [0.05, 0.1) is 18.4 Å². The number of hydrogen-bond donors (Lipinski definition) is 0. The highest BCUT2D eigenvalue weighted by atomic mass is 16.5. The second-order valence-electron chi connectivity index (χ2n) is 7.37. The molecule has 3 aromatic rings. The van der Waals surface area contributed by atoms with Crippen molar-refractivity contribution in [1.82, 2.24) is 19.0 Å². The van der Waals surface area contributed by atoms with Gasteiger partial charge < -0.3 is 9.64 Å². The molecule has 0 radical (unpaired) electrons. The standard InChI is InChI=1S/C22H24N4O5/c1-14(21(29)31-4)12-26(13-15-8-6-5-7-9-15)20(28)17-11-10-16-18(23-17)24(2)22(30)25(3)19(16)27/h5-11,14H,12-13H2,1-4H3. The lowest BCUT2D eigenvalue weighted by molar-refractivity contribution is -0.145. The summed E-state index contributed by atoms with van der Waals surface area (Å²) in [5, 5.41) is 0.235. The third-order valence-corrected chi connectivity index (χ3v) is 5.12. The maximum Gasteiger partial charge on any atom is 0.332 e. The van der Waals surface area contributed by atoms with E-state index >= 15 is 0 Å². The molecule has 1 unspecified atom stereocenters. The normalized spacial score (nSPS) is 11.9. The molecule has 9 heteroatoms. The fourth-order valence-electron chi connectivity index (χ4n) is 3.36. The van der Waals surface area contributed by atoms with Crippen LogP contribution >= 0.6 is 0 Å². The minimum Gasteiger partial charge on any atom is -0.469 e. The highest BCUT2D eigenvalue weighted by Gasteiger charge is 2.24. The fourth-order valence-corrected chi connectivity index (χ4v) is 3.36. The summed E-state index contributed by atoms with van der Waals surface area (Å²) in [7, 11) is 4.18. The number of rotatable bonds is 6. The molecule has 0 aliphatic heterocycles. The maximum atomic E-state index is 13.3. The van der Waals surface area contributed by atoms with Crippen molar-refractivity contribution in [1.29, 1.82) is 0 Å². The van der Waals surface area contributed by atoms with E-state index in [0.717, 1.165) is 10.1 Å². The Morgan fingerprint density at radius 3 is 2.39 bits per heavy atom. The molecule has 0 saturated carbocycles. The lowest BCUT2D eigenvalue weighted by Gasteiger charge is -2.25. The van der Waals surface area contributed by atoms with Crippen molar-refractivity contribution in [3.63, 3.8) is 0 Å². The summed E-state index contributed by atoms with van der Waals surface area (Å²) >= 11 is 0. The molecule has 162 valence electrons. The van der Waals surface area contributed by atoms with Gasteiger partial charge in [0.2, 0.25) is 0 Å². The van der Waals surface area contributed by atoms with Gasteiger partial charge in [-0.15, -0.1) is 0 Å². The number of aromatic nitrogens is 3. The van der Waals surface area contributed by atoms with Gasteiger partial charge >= 0.3 is 11.7 Å². The van der Waals surface area contributed by atoms with Crippen LogP contribution in [0.2, 0.25) is 0 Å². The number of nitrogens with zero attached hydrogens (tertiary/aromatic N) is 4. The van der Waals surface area contributed by atoms with Crippen molar-refractivity contribution < 1.29 is 14.3 Å². The number of carbonyl (C=O) groups excluding carboxylic acids is 2. The zero-order valence-corrected chi connectivity index (χ0v) is 17.9. The zero-order valence-electron chi connectivity index (χ0n) is 17.9. The first-order chi connectivity index (χ1) is 14.7. The Morgan fingerprint density at radius 2 is 1.74 bits per heavy atom. The number of esters is 1. The lowest BCUT2D eigenvalue weighted by atomic mass is 10.1. The van der Waals surface area contributed by atoms with Crippen LogP contribution < -0.4 is 11.2 Å². The van der Waals surface area contributed by atoms with Gasteiger partial charge in [0, 0.05) is 27.2 Å². The van der Waals surface area contributed by atoms with Gasteiger partial charge in [-0.05, 0) is 17.7 Å². The Morgan fingerprint density at radius 1 is 1.06 bits per heavy atom. The van der Waals surface area contributed by atoms with Crippen LogP contribution in [0.15, 0.2) is 52.1 Å². The van der Waals surface area contributed by atoms with E-state index in [4.69, 9.17) is 4.74 Å². The quantitative estimate of drug-likeness (QED) is 0.549. The predicted octanol–water partition coefficient (Wildman–Crippen LogP) is 1.08. The largest absolute Gasteiger partial charge is 0.469 e. The molecular formula is C22H24N4O5. The molecule has 3 rings (SSSR count). The fraction of sp³-hybridized carbons (Fsp3) is 0.318. The Hall–Kier alpha value is -3.75. The van der Waals surface area contributed by atoms with Gasteiger partial charge in [-0.2, -0.15) is 0 Å². The number of aryl methyl sites for hydroxylation is 1. The number of hydrogen-bond acceptors (Lipinski definition) is 6. The molecule has 0 fully saturated rings. The summed E-state index contributed by atoms with van der Waals surface area (Å²) in [6.45, 7) is 2.06. The van der Waals surface area contributed by atoms with Crippen molar-refractivity contribution in [3.05, 3.63) is 74.6 Å². The van der Waals surface area contributed by atoms with E-state index in [1.54, 1.807) is 6.92 Å². The average Bonchev–Trinajstić information content (AvgIpc) is 2.80. The average molecular weight is 424 g/mol. The summed E-state index contributed by atoms with van der Waals surface area (Å²) in [6, 6.07) is 12.3. The monoisotopic (exact) mass is 424 g/mol. The molecule has 0 spiro atoms. The van der Waals surface area contributed by atoms with Crippen LogP contribution in [0, 0.1) is 5.92 Å². The van der Waals surface area contributed by atoms with E-state index in [1.807, 2.05) is 30.3 Å². The van der Waals surface area contributed by atoms with Gasteiger partial charge in [-0.1, -0.05) is 37.3 Å². The Balaban J connectivity index is 2.03. The summed E-state index contributed by atoms with van der Waals surface area (Å²) < 4.78 is 7.01. The topological polar surface area (TPSA) is 104 Å². The molecule has 2 heterocycles. The number of ether oxygens (including phenoxy) is 1. The minimum atomic E-state index is -0.547. The van der Waals surface area contributed by atoms with Crippen molar-refractivity contribution >= 4 is 22.9 Å². The van der Waals surface area contributed by atoms with Crippen molar-refractivity contribution in [2.75, 3.05) is 13.7 Å². The molecule has 1 amide bonds. The summed E-state index contributed by atoms with van der Waals surface area (Å²) in [4.78, 5) is 55.7. The van der Waals surface area contributed by atoms with Crippen molar-refractivity contribution in [2.24, 2.45) is 20.0 Å². The number of benzene rings is 1. The van der Waals surface area contributed by atoms with Gasteiger partial charge in [-0.3, -0.25) is 23.5 Å². The van der Waals surface area contributed by atoms with Crippen LogP contribution in [0.1, 0.15) is 23.0 Å². The van der Waals surface area contributed by atoms with Gasteiger partial charge in [0.1, 0.15) is 11.3 Å². The molecule has 1 aromatic carbocycles. The van der Waals surface area contributed by atoms with Gasteiger partial charge in [0.25, 0.3) is 11.5 Å². The highest BCUT2D eigenvalue weighted by molar-refractivity contribution is 5.94. The molecular weight excluding hydrogens is 400 g/mol. The lowest BCUT2D eigenvalue weighted by Crippen LogP contribution is -2.39. The second kappa shape index (κ2) is 8.95. The van der Waals surface area contributed by atoms with Crippen LogP contribution in [0.4, 0.5) is 0 Å². The predicted molar refractivity (Wildman–Crippen MR) is 115 cm³/mol. The summed E-state index contributed by atoms with van der Waals surface area (Å²) in [5.74, 6) is -1.40. The van der Waals surface area contributed by atoms with Gasteiger partial charge in [0.15, 0.2) is 0 Å². The van der Waals surface area contributed by atoms with E-state index in [9.17, 15) is 19.2 Å². The van der Waals surface area contributed by atoms with Crippen molar-refractivity contribution in [2.45, 2.75) is 13.5 Å². The first kappa shape index (κ1) is 21.9. The van der Waals surface area contributed by atoms with E-state index < -0.39 is 29.0 Å². The number of amides is 1. The summed E-state index contributed by atoms with van der Waals surface area (Å²) in [6.07, 6.45) is 0. The first-order valence-electron chi connectivity index (χ1n) is 9.72. The van der Waals surface area contributed by atoms with E-state index in [0.29, 0.717) is 0 Å². The maximum absolute atomic E-state index is 13.3. The van der Waals surface area contributed by atoms with Gasteiger partial charge in [-0.25, -0.2) is 9.78 Å². The minimum absolute atomic E-state index is 0.0729. The van der Waals surface area contributed by atoms with Crippen molar-refractivity contribution in [3.8, 4) is 0 Å². The molecule has 2 aromatic heterocycles. The van der Waals surface area contributed by atoms with Crippen LogP contribution in [0.25, 0.3) is 11.0 Å². The molecule has 1 atom stereocenters. The van der Waals surface area contributed by atoms with Crippen LogP contribution in [-0.2, 0) is 30.2 Å². The number of pyridine rings is 1. The molecule has 0 saturated heterocycles. The molecule has 31 heavy (non-hydrogen) atoms. The van der Waals surface area contributed by atoms with Crippen LogP contribution in [-0.4, -0.2) is 44.5 Å². The Bertz CT molecular complexity index is 1250. The number of carbonyl (C=O) groups is 2. The molecule has 0 bridgehead atoms. The first-order valence-corrected chi connectivity index (χ1v) is 9.72. The molecule has 9 nitrogen and oxygen atoms in total. The third kappa shape index (κ3) is 4.40. The summed E-state index contributed by atoms with van der Waals surface area (Å²) in [5.41, 5.74) is 0.0680. The van der Waals surface area contributed by atoms with E-state index in [1.165, 1.54) is 42.8 Å². The molecule has 0 aliphatic rings. The molecule has 0 aliphatic carbocycles. The highest BCUT2D eigenvalue weighted by Crippen LogP contribution is 2.14. The Labute approximate surface area is 178 Å². The van der Waals surface area contributed by atoms with E-state index in [2.05, 4.69) is 4.98 Å². The molecule has 0 N–H and O–H groups in total. The van der Waals surface area contributed by atoms with Crippen LogP contribution in [0.5, 0.6) is 0 Å².